The van der Waals surface area contributed by atoms with Crippen molar-refractivity contribution in [3.05, 3.63) is 23.3 Å². The maximum absolute atomic E-state index is 10.5. The SMILES string of the molecule is CCCCCc1cc(O)c2c(c1)OC(C)(C)CC2=NCC(O)CC. The number of hydrogen-bond donors (Lipinski definition) is 2. The number of hydrogen-bond acceptors (Lipinski definition) is 4. The summed E-state index contributed by atoms with van der Waals surface area (Å²) in [7, 11) is 0. The number of unbranched alkanes of at least 4 members (excludes halogenated alkanes) is 2. The summed E-state index contributed by atoms with van der Waals surface area (Å²) in [5.74, 6) is 0.946. The molecule has 0 saturated heterocycles. The van der Waals surface area contributed by atoms with Gasteiger partial charge in [-0.25, -0.2) is 0 Å². The molecule has 1 aliphatic rings. The molecule has 24 heavy (non-hydrogen) atoms. The number of phenols is 1. The molecule has 1 aliphatic heterocycles. The van der Waals surface area contributed by atoms with Crippen LogP contribution in [0.4, 0.5) is 0 Å². The number of aliphatic imine (C=N–C) groups is 1. The first kappa shape index (κ1) is 18.8. The molecule has 0 aromatic heterocycles. The number of aliphatic hydroxyl groups excluding tert-OH is 1. The van der Waals surface area contributed by atoms with Crippen LogP contribution in [0.15, 0.2) is 17.1 Å². The summed E-state index contributed by atoms with van der Waals surface area (Å²) in [4.78, 5) is 4.58. The van der Waals surface area contributed by atoms with Gasteiger partial charge < -0.3 is 14.9 Å². The standard InChI is InChI=1S/C20H31NO3/c1-5-7-8-9-14-10-17(23)19-16(21-13-15(22)6-2)12-20(3,4)24-18(19)11-14/h10-11,15,22-23H,5-9,12-13H2,1-4H3. The highest BCUT2D eigenvalue weighted by Gasteiger charge is 2.33. The van der Waals surface area contributed by atoms with Gasteiger partial charge in [0.1, 0.15) is 17.1 Å². The van der Waals surface area contributed by atoms with Gasteiger partial charge >= 0.3 is 0 Å². The topological polar surface area (TPSA) is 62.0 Å². The summed E-state index contributed by atoms with van der Waals surface area (Å²) in [5, 5.41) is 20.3. The zero-order chi connectivity index (χ0) is 17.7. The van der Waals surface area contributed by atoms with Crippen molar-refractivity contribution in [2.75, 3.05) is 6.54 Å². The number of ether oxygens (including phenoxy) is 1. The number of phenolic OH excluding ortho intramolecular Hbond substituents is 1. The summed E-state index contributed by atoms with van der Waals surface area (Å²) in [6, 6.07) is 3.87. The van der Waals surface area contributed by atoms with Crippen LogP contribution in [0.2, 0.25) is 0 Å². The molecule has 1 aromatic rings. The van der Waals surface area contributed by atoms with Gasteiger partial charge in [0.15, 0.2) is 0 Å². The molecule has 0 spiro atoms. The molecule has 2 rings (SSSR count). The third-order valence-corrected chi connectivity index (χ3v) is 4.44. The molecule has 1 atom stereocenters. The van der Waals surface area contributed by atoms with Crippen LogP contribution < -0.4 is 4.74 Å². The van der Waals surface area contributed by atoms with E-state index < -0.39 is 6.10 Å². The zero-order valence-electron chi connectivity index (χ0n) is 15.4. The van der Waals surface area contributed by atoms with E-state index in [2.05, 4.69) is 11.9 Å². The number of fused-ring (bicyclic) bond motifs is 1. The van der Waals surface area contributed by atoms with Crippen LogP contribution in [0, 0.1) is 0 Å². The van der Waals surface area contributed by atoms with Crippen molar-refractivity contribution in [3.8, 4) is 11.5 Å². The first-order valence-electron chi connectivity index (χ1n) is 9.13. The van der Waals surface area contributed by atoms with Crippen LogP contribution in [0.25, 0.3) is 0 Å². The van der Waals surface area contributed by atoms with E-state index in [0.717, 1.165) is 24.1 Å². The third kappa shape index (κ3) is 4.73. The Kier molecular flexibility index (Phi) is 6.27. The number of rotatable bonds is 7. The second-order valence-electron chi connectivity index (χ2n) is 7.33. The first-order valence-corrected chi connectivity index (χ1v) is 9.13. The molecule has 4 nitrogen and oxygen atoms in total. The van der Waals surface area contributed by atoms with Crippen LogP contribution in [0.1, 0.15) is 70.9 Å². The van der Waals surface area contributed by atoms with Crippen molar-refractivity contribution in [1.29, 1.82) is 0 Å². The van der Waals surface area contributed by atoms with Crippen LogP contribution in [0.3, 0.4) is 0 Å². The number of aryl methyl sites for hydroxylation is 1. The summed E-state index contributed by atoms with van der Waals surface area (Å²) in [5.41, 5.74) is 2.26. The highest BCUT2D eigenvalue weighted by atomic mass is 16.5. The van der Waals surface area contributed by atoms with Crippen molar-refractivity contribution < 1.29 is 14.9 Å². The number of aliphatic hydroxyl groups is 1. The minimum absolute atomic E-state index is 0.235. The van der Waals surface area contributed by atoms with E-state index in [4.69, 9.17) is 4.74 Å². The fourth-order valence-electron chi connectivity index (χ4n) is 3.06. The lowest BCUT2D eigenvalue weighted by Gasteiger charge is -2.34. The summed E-state index contributed by atoms with van der Waals surface area (Å²) >= 11 is 0. The molecular formula is C20H31NO3. The Hall–Kier alpha value is -1.55. The Morgan fingerprint density at radius 1 is 1.25 bits per heavy atom. The quantitative estimate of drug-likeness (QED) is 0.733. The van der Waals surface area contributed by atoms with Crippen LogP contribution in [-0.2, 0) is 6.42 Å². The van der Waals surface area contributed by atoms with Gasteiger partial charge in [-0.15, -0.1) is 0 Å². The van der Waals surface area contributed by atoms with E-state index in [-0.39, 0.29) is 11.4 Å². The fourth-order valence-corrected chi connectivity index (χ4v) is 3.06. The lowest BCUT2D eigenvalue weighted by atomic mass is 9.90. The van der Waals surface area contributed by atoms with Crippen molar-refractivity contribution in [1.82, 2.24) is 0 Å². The van der Waals surface area contributed by atoms with E-state index in [1.54, 1.807) is 0 Å². The first-order chi connectivity index (χ1) is 11.4. The van der Waals surface area contributed by atoms with Crippen molar-refractivity contribution in [2.45, 2.75) is 77.9 Å². The van der Waals surface area contributed by atoms with Gasteiger partial charge in [-0.3, -0.25) is 4.99 Å². The molecule has 0 bridgehead atoms. The zero-order valence-corrected chi connectivity index (χ0v) is 15.4. The minimum atomic E-state index is -0.442. The number of nitrogens with zero attached hydrogens (tertiary/aromatic N) is 1. The smallest absolute Gasteiger partial charge is 0.133 e. The maximum atomic E-state index is 10.5. The van der Waals surface area contributed by atoms with E-state index in [0.29, 0.717) is 30.7 Å². The van der Waals surface area contributed by atoms with Crippen molar-refractivity contribution in [2.24, 2.45) is 4.99 Å². The second kappa shape index (κ2) is 8.02. The Morgan fingerprint density at radius 3 is 2.67 bits per heavy atom. The molecule has 1 unspecified atom stereocenters. The molecule has 0 saturated carbocycles. The second-order valence-corrected chi connectivity index (χ2v) is 7.33. The third-order valence-electron chi connectivity index (χ3n) is 4.44. The Labute approximate surface area is 145 Å². The average molecular weight is 333 g/mol. The Balaban J connectivity index is 2.33. The molecular weight excluding hydrogens is 302 g/mol. The van der Waals surface area contributed by atoms with Gasteiger partial charge in [-0.2, -0.15) is 0 Å². The minimum Gasteiger partial charge on any atom is -0.507 e. The molecule has 0 fully saturated rings. The van der Waals surface area contributed by atoms with Crippen LogP contribution >= 0.6 is 0 Å². The van der Waals surface area contributed by atoms with E-state index in [1.807, 2.05) is 32.9 Å². The lowest BCUT2D eigenvalue weighted by Crippen LogP contribution is -2.36. The fraction of sp³-hybridized carbons (Fsp3) is 0.650. The van der Waals surface area contributed by atoms with E-state index >= 15 is 0 Å². The Morgan fingerprint density at radius 2 is 2.00 bits per heavy atom. The molecule has 0 amide bonds. The summed E-state index contributed by atoms with van der Waals surface area (Å²) in [6.45, 7) is 8.54. The summed E-state index contributed by atoms with van der Waals surface area (Å²) < 4.78 is 6.11. The number of benzene rings is 1. The van der Waals surface area contributed by atoms with Crippen molar-refractivity contribution >= 4 is 5.71 Å². The number of aromatic hydroxyl groups is 1. The van der Waals surface area contributed by atoms with E-state index in [1.165, 1.54) is 12.8 Å². The van der Waals surface area contributed by atoms with Crippen LogP contribution in [0.5, 0.6) is 11.5 Å². The van der Waals surface area contributed by atoms with Gasteiger partial charge in [-0.05, 0) is 50.8 Å². The summed E-state index contributed by atoms with van der Waals surface area (Å²) in [6.07, 6.45) is 5.28. The molecule has 1 heterocycles. The van der Waals surface area contributed by atoms with Gasteiger partial charge in [-0.1, -0.05) is 26.7 Å². The molecule has 0 aliphatic carbocycles. The van der Waals surface area contributed by atoms with Crippen LogP contribution in [-0.4, -0.2) is 34.2 Å². The molecule has 2 N–H and O–H groups in total. The Bertz CT molecular complexity index is 593. The highest BCUT2D eigenvalue weighted by molar-refractivity contribution is 6.06. The average Bonchev–Trinajstić information content (AvgIpc) is 2.50. The molecule has 134 valence electrons. The normalized spacial score (nSPS) is 19.0. The van der Waals surface area contributed by atoms with Gasteiger partial charge in [0.25, 0.3) is 0 Å². The highest BCUT2D eigenvalue weighted by Crippen LogP contribution is 2.39. The monoisotopic (exact) mass is 333 g/mol. The lowest BCUT2D eigenvalue weighted by molar-refractivity contribution is 0.110. The predicted molar refractivity (Wildman–Crippen MR) is 98.4 cm³/mol. The van der Waals surface area contributed by atoms with E-state index in [9.17, 15) is 10.2 Å². The molecule has 1 aromatic carbocycles. The molecule has 0 radical (unpaired) electrons. The van der Waals surface area contributed by atoms with Crippen molar-refractivity contribution in [3.63, 3.8) is 0 Å². The van der Waals surface area contributed by atoms with Gasteiger partial charge in [0.05, 0.1) is 23.9 Å². The predicted octanol–water partition coefficient (Wildman–Crippen LogP) is 4.25. The maximum Gasteiger partial charge on any atom is 0.133 e. The molecule has 4 heteroatoms. The largest absolute Gasteiger partial charge is 0.507 e. The van der Waals surface area contributed by atoms with Gasteiger partial charge in [0, 0.05) is 6.42 Å². The van der Waals surface area contributed by atoms with Gasteiger partial charge in [0.2, 0.25) is 0 Å².